The highest BCUT2D eigenvalue weighted by molar-refractivity contribution is 8.15. The maximum absolute atomic E-state index is 12.9. The van der Waals surface area contributed by atoms with Crippen LogP contribution in [-0.4, -0.2) is 54.3 Å². The highest BCUT2D eigenvalue weighted by Gasteiger charge is 2.39. The second kappa shape index (κ2) is 11.6. The second-order valence-electron chi connectivity index (χ2n) is 8.94. The van der Waals surface area contributed by atoms with E-state index in [2.05, 4.69) is 10.3 Å². The fourth-order valence-corrected chi connectivity index (χ4v) is 5.47. The summed E-state index contributed by atoms with van der Waals surface area (Å²) in [6.45, 7) is 0. The minimum atomic E-state index is -0.633. The molecule has 0 aliphatic carbocycles. The van der Waals surface area contributed by atoms with Crippen LogP contribution in [0, 0.1) is 0 Å². The second-order valence-corrected chi connectivity index (χ2v) is 10.1. The highest BCUT2D eigenvalue weighted by Crippen LogP contribution is 2.39. The first-order valence-corrected chi connectivity index (χ1v) is 13.2. The van der Waals surface area contributed by atoms with Gasteiger partial charge in [0.25, 0.3) is 5.91 Å². The summed E-state index contributed by atoms with van der Waals surface area (Å²) in [5.41, 5.74) is 3.42. The van der Waals surface area contributed by atoms with E-state index in [0.717, 1.165) is 28.3 Å². The third-order valence-corrected chi connectivity index (χ3v) is 7.63. The Morgan fingerprint density at radius 3 is 2.28 bits per heavy atom. The molecule has 3 aromatic rings. The summed E-state index contributed by atoms with van der Waals surface area (Å²) in [5.74, 6) is 1.57. The number of nitrogens with zero attached hydrogens (tertiary/aromatic N) is 3. The number of carbonyl (C=O) groups is 2. The average Bonchev–Trinajstić information content (AvgIpc) is 3.57. The van der Waals surface area contributed by atoms with E-state index in [1.807, 2.05) is 48.5 Å². The van der Waals surface area contributed by atoms with Crippen molar-refractivity contribution in [2.45, 2.75) is 24.1 Å². The number of anilines is 1. The molecular weight excluding hydrogens is 516 g/mol. The van der Waals surface area contributed by atoms with Gasteiger partial charge in [0, 0.05) is 24.1 Å². The number of hydrogen-bond acceptors (Lipinski definition) is 8. The predicted octanol–water partition coefficient (Wildman–Crippen LogP) is 4.89. The summed E-state index contributed by atoms with van der Waals surface area (Å²) < 4.78 is 15.9. The van der Waals surface area contributed by atoms with Gasteiger partial charge >= 0.3 is 0 Å². The molecular formula is C29H28N4O5S. The lowest BCUT2D eigenvalue weighted by atomic mass is 9.98. The average molecular weight is 545 g/mol. The van der Waals surface area contributed by atoms with Crippen LogP contribution < -0.4 is 19.5 Å². The molecule has 9 nitrogen and oxygen atoms in total. The smallest absolute Gasteiger partial charge is 0.262 e. The fourth-order valence-electron chi connectivity index (χ4n) is 4.41. The number of amides is 2. The Labute approximate surface area is 230 Å². The molecule has 39 heavy (non-hydrogen) atoms. The zero-order valence-corrected chi connectivity index (χ0v) is 22.6. The van der Waals surface area contributed by atoms with Crippen molar-refractivity contribution in [2.75, 3.05) is 26.6 Å². The van der Waals surface area contributed by atoms with Gasteiger partial charge in [0.1, 0.15) is 22.5 Å². The maximum atomic E-state index is 12.9. The van der Waals surface area contributed by atoms with Crippen LogP contribution in [0.25, 0.3) is 0 Å². The largest absolute Gasteiger partial charge is 0.497 e. The number of hydrazone groups is 1. The third kappa shape index (κ3) is 5.91. The van der Waals surface area contributed by atoms with Crippen molar-refractivity contribution in [1.29, 1.82) is 0 Å². The van der Waals surface area contributed by atoms with E-state index in [1.54, 1.807) is 50.6 Å². The Hall–Kier alpha value is -4.31. The van der Waals surface area contributed by atoms with E-state index in [-0.39, 0.29) is 24.3 Å². The molecule has 0 aromatic heterocycles. The van der Waals surface area contributed by atoms with Gasteiger partial charge in [-0.3, -0.25) is 9.59 Å². The van der Waals surface area contributed by atoms with Crippen molar-refractivity contribution >= 4 is 40.1 Å². The normalized spacial score (nSPS) is 18.4. The first kappa shape index (κ1) is 26.3. The summed E-state index contributed by atoms with van der Waals surface area (Å²) in [5, 5.41) is 9.36. The number of hydrogen-bond donors (Lipinski definition) is 1. The van der Waals surface area contributed by atoms with Crippen LogP contribution in [0.15, 0.2) is 82.9 Å². The lowest BCUT2D eigenvalue weighted by molar-refractivity contribution is -0.121. The lowest BCUT2D eigenvalue weighted by Crippen LogP contribution is -2.25. The number of amidine groups is 1. The standard InChI is InChI=1S/C29H28N4O5S/c1-36-21-11-7-18(8-12-21)25-16-24(19-5-4-6-23(15-19)38-3)32-33(25)29-31-28(35)26(39-29)17-27(34)30-20-9-13-22(37-2)14-10-20/h4-15,25-26H,16-17H2,1-3H3,(H,30,34)/t25-,26+/m0/s1. The number of ether oxygens (including phenoxy) is 3. The predicted molar refractivity (Wildman–Crippen MR) is 152 cm³/mol. The topological polar surface area (TPSA) is 102 Å². The van der Waals surface area contributed by atoms with Crippen LogP contribution >= 0.6 is 11.8 Å². The highest BCUT2D eigenvalue weighted by atomic mass is 32.2. The lowest BCUT2D eigenvalue weighted by Gasteiger charge is -2.23. The van der Waals surface area contributed by atoms with Crippen LogP contribution in [0.2, 0.25) is 0 Å². The molecule has 10 heteroatoms. The summed E-state index contributed by atoms with van der Waals surface area (Å²) in [6.07, 6.45) is 0.603. The summed E-state index contributed by atoms with van der Waals surface area (Å²) >= 11 is 1.26. The summed E-state index contributed by atoms with van der Waals surface area (Å²) in [6, 6.07) is 22.4. The van der Waals surface area contributed by atoms with Crippen molar-refractivity contribution in [1.82, 2.24) is 5.01 Å². The number of nitrogens with one attached hydrogen (secondary N) is 1. The maximum Gasteiger partial charge on any atom is 0.262 e. The quantitative estimate of drug-likeness (QED) is 0.431. The number of thioether (sulfide) groups is 1. The van der Waals surface area contributed by atoms with Crippen LogP contribution in [0.4, 0.5) is 5.69 Å². The van der Waals surface area contributed by atoms with Gasteiger partial charge in [0.15, 0.2) is 5.17 Å². The van der Waals surface area contributed by atoms with Crippen molar-refractivity contribution in [3.05, 3.63) is 83.9 Å². The zero-order chi connectivity index (χ0) is 27.4. The van der Waals surface area contributed by atoms with E-state index < -0.39 is 5.25 Å². The van der Waals surface area contributed by atoms with Gasteiger partial charge in [-0.05, 0) is 54.1 Å². The zero-order valence-electron chi connectivity index (χ0n) is 21.8. The van der Waals surface area contributed by atoms with Crippen molar-refractivity contribution < 1.29 is 23.8 Å². The minimum Gasteiger partial charge on any atom is -0.497 e. The first-order valence-electron chi connectivity index (χ1n) is 12.4. The Morgan fingerprint density at radius 2 is 1.62 bits per heavy atom. The van der Waals surface area contributed by atoms with E-state index in [9.17, 15) is 9.59 Å². The summed E-state index contributed by atoms with van der Waals surface area (Å²) in [4.78, 5) is 29.9. The Bertz CT molecular complexity index is 1420. The van der Waals surface area contributed by atoms with E-state index in [1.165, 1.54) is 11.8 Å². The number of methoxy groups -OCH3 is 3. The van der Waals surface area contributed by atoms with Gasteiger partial charge in [-0.2, -0.15) is 10.1 Å². The molecule has 2 aliphatic heterocycles. The summed E-state index contributed by atoms with van der Waals surface area (Å²) in [7, 11) is 4.83. The molecule has 2 atom stereocenters. The molecule has 5 rings (SSSR count). The Balaban J connectivity index is 1.34. The van der Waals surface area contributed by atoms with Crippen LogP contribution in [-0.2, 0) is 9.59 Å². The fraction of sp³-hybridized carbons (Fsp3) is 0.241. The SMILES string of the molecule is COc1ccc(NC(=O)C[C@H]2SC(N3N=C(c4cccc(OC)c4)C[C@H]3c3ccc(OC)cc3)=NC2=O)cc1. The van der Waals surface area contributed by atoms with Gasteiger partial charge < -0.3 is 19.5 Å². The molecule has 0 bridgehead atoms. The number of aliphatic imine (C=N–C) groups is 1. The molecule has 0 unspecified atom stereocenters. The molecule has 0 spiro atoms. The van der Waals surface area contributed by atoms with Crippen LogP contribution in [0.1, 0.15) is 30.0 Å². The van der Waals surface area contributed by atoms with Crippen molar-refractivity contribution in [3.8, 4) is 17.2 Å². The molecule has 0 saturated carbocycles. The van der Waals surface area contributed by atoms with E-state index >= 15 is 0 Å². The van der Waals surface area contributed by atoms with Crippen molar-refractivity contribution in [3.63, 3.8) is 0 Å². The van der Waals surface area contributed by atoms with Crippen LogP contribution in [0.3, 0.4) is 0 Å². The van der Waals surface area contributed by atoms with Gasteiger partial charge in [-0.1, -0.05) is 36.0 Å². The molecule has 2 amide bonds. The van der Waals surface area contributed by atoms with Gasteiger partial charge in [-0.15, -0.1) is 0 Å². The van der Waals surface area contributed by atoms with E-state index in [0.29, 0.717) is 23.0 Å². The Morgan fingerprint density at radius 1 is 0.949 bits per heavy atom. The van der Waals surface area contributed by atoms with Crippen LogP contribution in [0.5, 0.6) is 17.2 Å². The molecule has 2 aliphatic rings. The molecule has 0 fully saturated rings. The monoisotopic (exact) mass is 544 g/mol. The molecule has 200 valence electrons. The van der Waals surface area contributed by atoms with Gasteiger partial charge in [0.2, 0.25) is 5.91 Å². The van der Waals surface area contributed by atoms with Gasteiger partial charge in [0.05, 0.1) is 33.1 Å². The molecule has 0 saturated heterocycles. The molecule has 3 aromatic carbocycles. The molecule has 2 heterocycles. The molecule has 0 radical (unpaired) electrons. The van der Waals surface area contributed by atoms with E-state index in [4.69, 9.17) is 19.3 Å². The Kier molecular flexibility index (Phi) is 7.83. The third-order valence-electron chi connectivity index (χ3n) is 6.48. The number of rotatable bonds is 8. The molecule has 1 N–H and O–H groups in total. The minimum absolute atomic E-state index is 0.00394. The first-order chi connectivity index (χ1) is 19.0. The van der Waals surface area contributed by atoms with Gasteiger partial charge in [-0.25, -0.2) is 5.01 Å². The van der Waals surface area contributed by atoms with Crippen molar-refractivity contribution in [2.24, 2.45) is 10.1 Å². The number of carbonyl (C=O) groups excluding carboxylic acids is 2. The number of benzene rings is 3.